The van der Waals surface area contributed by atoms with Gasteiger partial charge < -0.3 is 10.1 Å². The summed E-state index contributed by atoms with van der Waals surface area (Å²) < 4.78 is 11.3. The van der Waals surface area contributed by atoms with Crippen LogP contribution >= 0.6 is 0 Å². The Morgan fingerprint density at radius 2 is 2.41 bits per heavy atom. The fourth-order valence-electron chi connectivity index (χ4n) is 2.34. The molecule has 116 valence electrons. The van der Waals surface area contributed by atoms with Gasteiger partial charge in [-0.2, -0.15) is 0 Å². The molecule has 0 unspecified atom stereocenters. The van der Waals surface area contributed by atoms with Gasteiger partial charge in [-0.05, 0) is 25.0 Å². The monoisotopic (exact) mass is 304 g/mol. The third-order valence-electron chi connectivity index (χ3n) is 3.46. The van der Waals surface area contributed by atoms with Gasteiger partial charge in [0.25, 0.3) is 0 Å². The number of hydrogen-bond donors (Lipinski definition) is 1. The molecule has 1 aliphatic rings. The number of carbonyl (C=O) groups excluding carboxylic acids is 1. The van der Waals surface area contributed by atoms with Crippen molar-refractivity contribution in [3.05, 3.63) is 35.1 Å². The Morgan fingerprint density at radius 1 is 1.50 bits per heavy atom. The lowest BCUT2D eigenvalue weighted by Crippen LogP contribution is -2.36. The predicted molar refractivity (Wildman–Crippen MR) is 76.0 cm³/mol. The molecule has 3 heterocycles. The first kappa shape index (κ1) is 14.5. The second-order valence-electron chi connectivity index (χ2n) is 5.04. The summed E-state index contributed by atoms with van der Waals surface area (Å²) in [4.78, 5) is 27.7. The fourth-order valence-corrected chi connectivity index (χ4v) is 2.34. The molecule has 8 nitrogen and oxygen atoms in total. The summed E-state index contributed by atoms with van der Waals surface area (Å²) in [5.74, 6) is -0.678. The summed E-state index contributed by atoms with van der Waals surface area (Å²) in [6.45, 7) is 1.02. The molecular weight excluding hydrogens is 288 g/mol. The van der Waals surface area contributed by atoms with Gasteiger partial charge in [-0.15, -0.1) is 0 Å². The molecule has 8 heteroatoms. The molecule has 1 N–H and O–H groups in total. The van der Waals surface area contributed by atoms with Crippen LogP contribution in [0.3, 0.4) is 0 Å². The highest BCUT2D eigenvalue weighted by atomic mass is 16.5. The van der Waals surface area contributed by atoms with Crippen LogP contribution in [0.2, 0.25) is 0 Å². The number of nitrogens with one attached hydrogen (secondary N) is 1. The third-order valence-corrected chi connectivity index (χ3v) is 3.46. The zero-order valence-electron chi connectivity index (χ0n) is 11.9. The highest BCUT2D eigenvalue weighted by Gasteiger charge is 2.19. The average molecular weight is 304 g/mol. The van der Waals surface area contributed by atoms with E-state index >= 15 is 0 Å². The average Bonchev–Trinajstić information content (AvgIpc) is 3.17. The minimum absolute atomic E-state index is 0.0564. The molecule has 22 heavy (non-hydrogen) atoms. The van der Waals surface area contributed by atoms with Gasteiger partial charge in [0.1, 0.15) is 6.54 Å². The highest BCUT2D eigenvalue weighted by Crippen LogP contribution is 2.13. The number of pyridine rings is 1. The molecule has 0 radical (unpaired) electrons. The summed E-state index contributed by atoms with van der Waals surface area (Å²) in [5.41, 5.74) is 0.611. The van der Waals surface area contributed by atoms with Crippen molar-refractivity contribution in [2.75, 3.05) is 13.2 Å². The standard InChI is InChI=1S/C14H16N4O4/c19-12(16-8-11-4-2-6-21-11)9-18-13(17-22-14(18)20)10-3-1-5-15-7-10/h1,3,5,7,11H,2,4,6,8-9H2,(H,16,19)/t11-/m0/s1. The van der Waals surface area contributed by atoms with Crippen LogP contribution in [0.1, 0.15) is 12.8 Å². The molecule has 1 amide bonds. The molecule has 3 rings (SSSR count). The van der Waals surface area contributed by atoms with Crippen LogP contribution in [0.5, 0.6) is 0 Å². The van der Waals surface area contributed by atoms with Gasteiger partial charge in [0, 0.05) is 31.1 Å². The van der Waals surface area contributed by atoms with E-state index in [9.17, 15) is 9.59 Å². The molecular formula is C14H16N4O4. The van der Waals surface area contributed by atoms with E-state index in [0.717, 1.165) is 19.4 Å². The molecule has 0 aliphatic carbocycles. The number of rotatable bonds is 5. The number of carbonyl (C=O) groups is 1. The van der Waals surface area contributed by atoms with Crippen LogP contribution in [0.25, 0.3) is 11.4 Å². The first-order chi connectivity index (χ1) is 10.7. The van der Waals surface area contributed by atoms with E-state index in [-0.39, 0.29) is 24.4 Å². The van der Waals surface area contributed by atoms with E-state index in [1.807, 2.05) is 0 Å². The quantitative estimate of drug-likeness (QED) is 0.846. The summed E-state index contributed by atoms with van der Waals surface area (Å²) in [5, 5.41) is 6.47. The summed E-state index contributed by atoms with van der Waals surface area (Å²) >= 11 is 0. The molecule has 0 spiro atoms. The Hall–Kier alpha value is -2.48. The second kappa shape index (κ2) is 6.52. The molecule has 2 aromatic heterocycles. The Balaban J connectivity index is 1.68. The minimum atomic E-state index is -0.675. The van der Waals surface area contributed by atoms with Crippen LogP contribution in [-0.2, 0) is 16.1 Å². The van der Waals surface area contributed by atoms with Crippen LogP contribution < -0.4 is 11.1 Å². The fraction of sp³-hybridized carbons (Fsp3) is 0.429. The molecule has 0 saturated carbocycles. The maximum absolute atomic E-state index is 12.0. The number of amides is 1. The van der Waals surface area contributed by atoms with Crippen molar-refractivity contribution in [2.45, 2.75) is 25.5 Å². The SMILES string of the molecule is O=C(Cn1c(-c2cccnc2)noc1=O)NC[C@@H]1CCCO1. The Labute approximate surface area is 126 Å². The summed E-state index contributed by atoms with van der Waals surface area (Å²) in [7, 11) is 0. The molecule has 2 aromatic rings. The van der Waals surface area contributed by atoms with Crippen molar-refractivity contribution in [1.82, 2.24) is 20.0 Å². The van der Waals surface area contributed by atoms with E-state index < -0.39 is 5.76 Å². The third kappa shape index (κ3) is 3.22. The first-order valence-corrected chi connectivity index (χ1v) is 7.09. The van der Waals surface area contributed by atoms with Crippen LogP contribution in [0.15, 0.2) is 33.8 Å². The first-order valence-electron chi connectivity index (χ1n) is 7.09. The van der Waals surface area contributed by atoms with Gasteiger partial charge in [0.15, 0.2) is 5.82 Å². The van der Waals surface area contributed by atoms with Gasteiger partial charge in [0.05, 0.1) is 6.10 Å². The van der Waals surface area contributed by atoms with Crippen molar-refractivity contribution in [3.8, 4) is 11.4 Å². The lowest BCUT2D eigenvalue weighted by Gasteiger charge is -2.11. The zero-order chi connectivity index (χ0) is 15.4. The Bertz CT molecular complexity index is 688. The van der Waals surface area contributed by atoms with E-state index in [2.05, 4.69) is 20.0 Å². The highest BCUT2D eigenvalue weighted by molar-refractivity contribution is 5.76. The van der Waals surface area contributed by atoms with E-state index in [1.165, 1.54) is 4.57 Å². The lowest BCUT2D eigenvalue weighted by atomic mass is 10.2. The maximum atomic E-state index is 12.0. The topological polar surface area (TPSA) is 99.3 Å². The lowest BCUT2D eigenvalue weighted by molar-refractivity contribution is -0.122. The maximum Gasteiger partial charge on any atom is 0.442 e. The number of hydrogen-bond acceptors (Lipinski definition) is 6. The molecule has 1 saturated heterocycles. The molecule has 1 atom stereocenters. The number of nitrogens with zero attached hydrogens (tertiary/aromatic N) is 3. The zero-order valence-corrected chi connectivity index (χ0v) is 11.9. The Morgan fingerprint density at radius 3 is 3.14 bits per heavy atom. The van der Waals surface area contributed by atoms with E-state index in [0.29, 0.717) is 12.1 Å². The van der Waals surface area contributed by atoms with Gasteiger partial charge in [0.2, 0.25) is 5.91 Å². The predicted octanol–water partition coefficient (Wildman–Crippen LogP) is 0.193. The summed E-state index contributed by atoms with van der Waals surface area (Å²) in [6, 6.07) is 3.46. The molecule has 0 aromatic carbocycles. The van der Waals surface area contributed by atoms with E-state index in [1.54, 1.807) is 24.5 Å². The second-order valence-corrected chi connectivity index (χ2v) is 5.04. The van der Waals surface area contributed by atoms with Crippen molar-refractivity contribution in [2.24, 2.45) is 0 Å². The van der Waals surface area contributed by atoms with Crippen molar-refractivity contribution < 1.29 is 14.1 Å². The number of aromatic nitrogens is 3. The van der Waals surface area contributed by atoms with Crippen molar-refractivity contribution >= 4 is 5.91 Å². The normalized spacial score (nSPS) is 17.5. The largest absolute Gasteiger partial charge is 0.442 e. The minimum Gasteiger partial charge on any atom is -0.376 e. The van der Waals surface area contributed by atoms with Gasteiger partial charge >= 0.3 is 5.76 Å². The van der Waals surface area contributed by atoms with Crippen LogP contribution in [-0.4, -0.2) is 39.9 Å². The molecule has 1 aliphatic heterocycles. The summed E-state index contributed by atoms with van der Waals surface area (Å²) in [6.07, 6.45) is 5.17. The molecule has 0 bridgehead atoms. The Kier molecular flexibility index (Phi) is 4.29. The molecule has 1 fully saturated rings. The van der Waals surface area contributed by atoms with Crippen LogP contribution in [0.4, 0.5) is 0 Å². The van der Waals surface area contributed by atoms with Crippen molar-refractivity contribution in [3.63, 3.8) is 0 Å². The smallest absolute Gasteiger partial charge is 0.376 e. The van der Waals surface area contributed by atoms with Crippen molar-refractivity contribution in [1.29, 1.82) is 0 Å². The van der Waals surface area contributed by atoms with Crippen LogP contribution in [0, 0.1) is 0 Å². The number of ether oxygens (including phenoxy) is 1. The van der Waals surface area contributed by atoms with Gasteiger partial charge in [-0.1, -0.05) is 5.16 Å². The van der Waals surface area contributed by atoms with Gasteiger partial charge in [-0.25, -0.2) is 9.36 Å². The van der Waals surface area contributed by atoms with E-state index in [4.69, 9.17) is 4.74 Å². The van der Waals surface area contributed by atoms with Gasteiger partial charge in [-0.3, -0.25) is 14.3 Å².